The molecule has 0 heterocycles. The Kier molecular flexibility index (Phi) is 4.65. The van der Waals surface area contributed by atoms with Crippen LogP contribution >= 0.6 is 0 Å². The fourth-order valence-corrected chi connectivity index (χ4v) is 1.36. The topological polar surface area (TPSA) is 92.4 Å². The molecule has 1 amide bonds. The highest BCUT2D eigenvalue weighted by atomic mass is 19.1. The number of hydrogen-bond acceptors (Lipinski definition) is 3. The Bertz CT molecular complexity index is 463. The zero-order valence-corrected chi connectivity index (χ0v) is 9.94. The highest BCUT2D eigenvalue weighted by Crippen LogP contribution is 2.15. The van der Waals surface area contributed by atoms with Crippen LogP contribution in [0.5, 0.6) is 0 Å². The normalized spacial score (nSPS) is 11.9. The molecule has 6 heteroatoms. The van der Waals surface area contributed by atoms with E-state index in [-0.39, 0.29) is 17.8 Å². The van der Waals surface area contributed by atoms with Crippen molar-refractivity contribution in [3.63, 3.8) is 0 Å². The molecular formula is C12H15FN2O3. The lowest BCUT2D eigenvalue weighted by Gasteiger charge is -2.09. The zero-order valence-electron chi connectivity index (χ0n) is 9.94. The van der Waals surface area contributed by atoms with Gasteiger partial charge in [-0.1, -0.05) is 13.0 Å². The molecule has 98 valence electrons. The number of amides is 1. The van der Waals surface area contributed by atoms with Crippen LogP contribution in [0.1, 0.15) is 23.7 Å². The van der Waals surface area contributed by atoms with Crippen molar-refractivity contribution in [3.8, 4) is 0 Å². The quantitative estimate of drug-likeness (QED) is 0.689. The molecule has 0 saturated carbocycles. The van der Waals surface area contributed by atoms with Gasteiger partial charge >= 0.3 is 5.97 Å². The van der Waals surface area contributed by atoms with Crippen molar-refractivity contribution in [2.45, 2.75) is 13.3 Å². The predicted octanol–water partition coefficient (Wildman–Crippen LogP) is 1.25. The standard InChI is InChI=1S/C12H15FN2O3/c1-7(12(17)18)5-6-15-11(16)8-3-2-4-9(13)10(8)14/h2-4,7H,5-6,14H2,1H3,(H,15,16)(H,17,18). The van der Waals surface area contributed by atoms with Crippen LogP contribution in [0.25, 0.3) is 0 Å². The largest absolute Gasteiger partial charge is 0.481 e. The van der Waals surface area contributed by atoms with Crippen molar-refractivity contribution in [2.75, 3.05) is 12.3 Å². The molecule has 0 aliphatic carbocycles. The number of hydrogen-bond donors (Lipinski definition) is 3. The van der Waals surface area contributed by atoms with E-state index < -0.39 is 23.6 Å². The summed E-state index contributed by atoms with van der Waals surface area (Å²) in [7, 11) is 0. The molecule has 1 rings (SSSR count). The van der Waals surface area contributed by atoms with Gasteiger partial charge in [0.05, 0.1) is 17.2 Å². The van der Waals surface area contributed by atoms with Gasteiger partial charge in [-0.25, -0.2) is 4.39 Å². The van der Waals surface area contributed by atoms with Crippen LogP contribution in [0.15, 0.2) is 18.2 Å². The van der Waals surface area contributed by atoms with Gasteiger partial charge < -0.3 is 16.2 Å². The van der Waals surface area contributed by atoms with Gasteiger partial charge in [0.2, 0.25) is 0 Å². The number of nitrogens with one attached hydrogen (secondary N) is 1. The Morgan fingerprint density at radius 1 is 1.50 bits per heavy atom. The number of aliphatic carboxylic acids is 1. The number of rotatable bonds is 5. The second-order valence-electron chi connectivity index (χ2n) is 3.98. The van der Waals surface area contributed by atoms with E-state index >= 15 is 0 Å². The van der Waals surface area contributed by atoms with Crippen LogP contribution in [0.4, 0.5) is 10.1 Å². The number of carboxylic acids is 1. The van der Waals surface area contributed by atoms with Crippen LogP contribution in [-0.4, -0.2) is 23.5 Å². The Morgan fingerprint density at radius 3 is 2.78 bits per heavy atom. The number of carboxylic acid groups (broad SMARTS) is 1. The number of nitrogen functional groups attached to an aromatic ring is 1. The highest BCUT2D eigenvalue weighted by molar-refractivity contribution is 5.99. The summed E-state index contributed by atoms with van der Waals surface area (Å²) < 4.78 is 13.1. The number of nitrogens with two attached hydrogens (primary N) is 1. The maximum Gasteiger partial charge on any atom is 0.306 e. The lowest BCUT2D eigenvalue weighted by atomic mass is 10.1. The summed E-state index contributed by atoms with van der Waals surface area (Å²) in [4.78, 5) is 22.2. The molecule has 0 saturated heterocycles. The molecule has 0 aromatic heterocycles. The van der Waals surface area contributed by atoms with E-state index in [0.717, 1.165) is 0 Å². The molecule has 0 fully saturated rings. The van der Waals surface area contributed by atoms with Crippen molar-refractivity contribution >= 4 is 17.6 Å². The van der Waals surface area contributed by atoms with Gasteiger partial charge in [-0.15, -0.1) is 0 Å². The lowest BCUT2D eigenvalue weighted by Crippen LogP contribution is -2.27. The molecule has 1 aromatic carbocycles. The molecule has 1 atom stereocenters. The van der Waals surface area contributed by atoms with E-state index in [1.807, 2.05) is 0 Å². The van der Waals surface area contributed by atoms with Gasteiger partial charge in [0.15, 0.2) is 0 Å². The van der Waals surface area contributed by atoms with Crippen molar-refractivity contribution in [1.82, 2.24) is 5.32 Å². The average molecular weight is 254 g/mol. The van der Waals surface area contributed by atoms with Crippen LogP contribution < -0.4 is 11.1 Å². The van der Waals surface area contributed by atoms with E-state index in [4.69, 9.17) is 10.8 Å². The highest BCUT2D eigenvalue weighted by Gasteiger charge is 2.14. The van der Waals surface area contributed by atoms with E-state index in [9.17, 15) is 14.0 Å². The minimum atomic E-state index is -0.922. The molecule has 18 heavy (non-hydrogen) atoms. The van der Waals surface area contributed by atoms with Crippen LogP contribution in [0.2, 0.25) is 0 Å². The second kappa shape index (κ2) is 6.00. The molecule has 5 nitrogen and oxygen atoms in total. The van der Waals surface area contributed by atoms with Gasteiger partial charge in [-0.3, -0.25) is 9.59 Å². The number of anilines is 1. The number of para-hydroxylation sites is 1. The molecule has 0 aliphatic heterocycles. The van der Waals surface area contributed by atoms with Gasteiger partial charge in [0.25, 0.3) is 5.91 Å². The third-order valence-corrected chi connectivity index (χ3v) is 2.58. The molecule has 0 spiro atoms. The maximum absolute atomic E-state index is 13.1. The first kappa shape index (κ1) is 14.0. The number of carbonyl (C=O) groups excluding carboxylic acids is 1. The second-order valence-corrected chi connectivity index (χ2v) is 3.98. The number of benzene rings is 1. The molecular weight excluding hydrogens is 239 g/mol. The first-order chi connectivity index (χ1) is 8.43. The summed E-state index contributed by atoms with van der Waals surface area (Å²) >= 11 is 0. The predicted molar refractivity (Wildman–Crippen MR) is 64.6 cm³/mol. The van der Waals surface area contributed by atoms with Gasteiger partial charge in [0.1, 0.15) is 5.82 Å². The number of carbonyl (C=O) groups is 2. The van der Waals surface area contributed by atoms with E-state index in [1.165, 1.54) is 18.2 Å². The average Bonchev–Trinajstić information content (AvgIpc) is 2.32. The first-order valence-corrected chi connectivity index (χ1v) is 5.48. The molecule has 0 radical (unpaired) electrons. The minimum absolute atomic E-state index is 0.0537. The molecule has 4 N–H and O–H groups in total. The summed E-state index contributed by atoms with van der Waals surface area (Å²) in [6, 6.07) is 3.97. The van der Waals surface area contributed by atoms with Crippen molar-refractivity contribution in [1.29, 1.82) is 0 Å². The summed E-state index contributed by atoms with van der Waals surface area (Å²) in [5.74, 6) is -2.63. The van der Waals surface area contributed by atoms with Crippen LogP contribution in [-0.2, 0) is 4.79 Å². The van der Waals surface area contributed by atoms with Gasteiger partial charge in [-0.2, -0.15) is 0 Å². The minimum Gasteiger partial charge on any atom is -0.481 e. The molecule has 1 aromatic rings. The van der Waals surface area contributed by atoms with E-state index in [2.05, 4.69) is 5.32 Å². The zero-order chi connectivity index (χ0) is 13.7. The Balaban J connectivity index is 2.56. The molecule has 1 unspecified atom stereocenters. The fraction of sp³-hybridized carbons (Fsp3) is 0.333. The Hall–Kier alpha value is -2.11. The van der Waals surface area contributed by atoms with E-state index in [1.54, 1.807) is 6.92 Å². The monoisotopic (exact) mass is 254 g/mol. The molecule has 0 bridgehead atoms. The van der Waals surface area contributed by atoms with Crippen molar-refractivity contribution < 1.29 is 19.1 Å². The van der Waals surface area contributed by atoms with Crippen LogP contribution in [0.3, 0.4) is 0 Å². The first-order valence-electron chi connectivity index (χ1n) is 5.48. The third kappa shape index (κ3) is 3.44. The summed E-state index contributed by atoms with van der Waals surface area (Å²) in [6.45, 7) is 1.74. The lowest BCUT2D eigenvalue weighted by molar-refractivity contribution is -0.141. The summed E-state index contributed by atoms with van der Waals surface area (Å²) in [6.07, 6.45) is 0.302. The van der Waals surface area contributed by atoms with Crippen LogP contribution in [0, 0.1) is 11.7 Å². The third-order valence-electron chi connectivity index (χ3n) is 2.58. The SMILES string of the molecule is CC(CCNC(=O)c1cccc(F)c1N)C(=O)O. The Labute approximate surface area is 104 Å². The summed E-state index contributed by atoms with van der Waals surface area (Å²) in [5.41, 5.74) is 5.28. The number of halogens is 1. The van der Waals surface area contributed by atoms with Gasteiger partial charge in [-0.05, 0) is 18.6 Å². The Morgan fingerprint density at radius 2 is 2.17 bits per heavy atom. The van der Waals surface area contributed by atoms with Crippen molar-refractivity contribution in [3.05, 3.63) is 29.6 Å². The molecule has 0 aliphatic rings. The maximum atomic E-state index is 13.1. The van der Waals surface area contributed by atoms with Gasteiger partial charge in [0, 0.05) is 6.54 Å². The van der Waals surface area contributed by atoms with Crippen molar-refractivity contribution in [2.24, 2.45) is 5.92 Å². The smallest absolute Gasteiger partial charge is 0.306 e. The van der Waals surface area contributed by atoms with E-state index in [0.29, 0.717) is 6.42 Å². The fourth-order valence-electron chi connectivity index (χ4n) is 1.36. The summed E-state index contributed by atoms with van der Waals surface area (Å²) in [5, 5.41) is 11.2.